The molecule has 0 aliphatic rings. The van der Waals surface area contributed by atoms with E-state index >= 15 is 0 Å². The summed E-state index contributed by atoms with van der Waals surface area (Å²) >= 11 is 0. The Morgan fingerprint density at radius 3 is 2.35 bits per heavy atom. The van der Waals surface area contributed by atoms with Crippen LogP contribution in [0, 0.1) is 20.8 Å². The van der Waals surface area contributed by atoms with Crippen LogP contribution in [0.2, 0.25) is 0 Å². The van der Waals surface area contributed by atoms with E-state index in [1.807, 2.05) is 34.9 Å². The van der Waals surface area contributed by atoms with Crippen LogP contribution in [-0.2, 0) is 0 Å². The average Bonchev–Trinajstić information content (AvgIpc) is 3.00. The minimum atomic E-state index is 0.740. The molecule has 4 aromatic rings. The maximum atomic E-state index is 4.77. The summed E-state index contributed by atoms with van der Waals surface area (Å²) < 4.78 is 1.97. The predicted molar refractivity (Wildman–Crippen MR) is 105 cm³/mol. The molecule has 0 atom stereocenters. The first-order valence-corrected chi connectivity index (χ1v) is 8.65. The zero-order valence-corrected chi connectivity index (χ0v) is 15.1. The number of hydrogen-bond donors (Lipinski definition) is 0. The fourth-order valence-electron chi connectivity index (χ4n) is 3.00. The van der Waals surface area contributed by atoms with E-state index in [1.165, 1.54) is 11.1 Å². The van der Waals surface area contributed by atoms with Crippen molar-refractivity contribution in [3.63, 3.8) is 0 Å². The van der Waals surface area contributed by atoms with Crippen molar-refractivity contribution in [2.45, 2.75) is 20.8 Å². The fourth-order valence-corrected chi connectivity index (χ4v) is 3.00. The molecule has 0 spiro atoms. The number of pyridine rings is 1. The summed E-state index contributed by atoms with van der Waals surface area (Å²) in [6, 6.07) is 20.4. The molecule has 128 valence electrons. The van der Waals surface area contributed by atoms with Gasteiger partial charge < -0.3 is 0 Å². The first-order chi connectivity index (χ1) is 12.6. The third-order valence-electron chi connectivity index (χ3n) is 4.43. The van der Waals surface area contributed by atoms with Crippen molar-refractivity contribution >= 4 is 17.2 Å². The van der Waals surface area contributed by atoms with Crippen LogP contribution in [0.4, 0.5) is 11.5 Å². The first kappa shape index (κ1) is 16.2. The van der Waals surface area contributed by atoms with Gasteiger partial charge in [0.2, 0.25) is 0 Å². The van der Waals surface area contributed by atoms with Crippen LogP contribution in [0.5, 0.6) is 0 Å². The third kappa shape index (κ3) is 3.02. The quantitative estimate of drug-likeness (QED) is 0.401. The molecule has 4 nitrogen and oxygen atoms in total. The molecule has 2 heterocycles. The third-order valence-corrected chi connectivity index (χ3v) is 4.43. The molecule has 0 amide bonds. The number of aromatic nitrogens is 2. The van der Waals surface area contributed by atoms with Crippen LogP contribution in [0.1, 0.15) is 16.7 Å². The van der Waals surface area contributed by atoms with E-state index in [1.54, 1.807) is 0 Å². The Balaban J connectivity index is 1.86. The number of azo groups is 1. The van der Waals surface area contributed by atoms with Crippen LogP contribution >= 0.6 is 0 Å². The van der Waals surface area contributed by atoms with E-state index < -0.39 is 0 Å². The van der Waals surface area contributed by atoms with Gasteiger partial charge in [0.25, 0.3) is 0 Å². The predicted octanol–water partition coefficient (Wildman–Crippen LogP) is 6.34. The minimum absolute atomic E-state index is 0.740. The topological polar surface area (TPSA) is 42.0 Å². The van der Waals surface area contributed by atoms with Crippen molar-refractivity contribution in [3.8, 4) is 11.3 Å². The standard InChI is InChI=1S/C22H20N4/c1-15-7-10-18(11-8-15)21-22(26-13-5-4-6-20(26)23-21)25-24-19-12-9-16(2)14-17(19)3/h4-14H,1-3H3. The van der Waals surface area contributed by atoms with Crippen molar-refractivity contribution in [1.82, 2.24) is 9.38 Å². The number of hydrogen-bond acceptors (Lipinski definition) is 3. The normalized spacial score (nSPS) is 11.5. The number of benzene rings is 2. The van der Waals surface area contributed by atoms with Crippen LogP contribution in [0.3, 0.4) is 0 Å². The monoisotopic (exact) mass is 340 g/mol. The van der Waals surface area contributed by atoms with Gasteiger partial charge >= 0.3 is 0 Å². The SMILES string of the molecule is Cc1ccc(-c2nc3ccccn3c2N=Nc2ccc(C)cc2C)cc1. The lowest BCUT2D eigenvalue weighted by molar-refractivity contribution is 1.10. The summed E-state index contributed by atoms with van der Waals surface area (Å²) in [5.41, 5.74) is 7.15. The van der Waals surface area contributed by atoms with E-state index in [4.69, 9.17) is 4.98 Å². The van der Waals surface area contributed by atoms with Gasteiger partial charge in [-0.05, 0) is 44.5 Å². The van der Waals surface area contributed by atoms with E-state index in [0.717, 1.165) is 34.0 Å². The summed E-state index contributed by atoms with van der Waals surface area (Å²) in [7, 11) is 0. The summed E-state index contributed by atoms with van der Waals surface area (Å²) in [5, 5.41) is 9.09. The van der Waals surface area contributed by atoms with E-state index in [2.05, 4.69) is 67.4 Å². The molecule has 0 saturated heterocycles. The van der Waals surface area contributed by atoms with Crippen molar-refractivity contribution in [2.75, 3.05) is 0 Å². The fraction of sp³-hybridized carbons (Fsp3) is 0.136. The maximum Gasteiger partial charge on any atom is 0.187 e. The van der Waals surface area contributed by atoms with Crippen molar-refractivity contribution < 1.29 is 0 Å². The van der Waals surface area contributed by atoms with Crippen LogP contribution in [0.25, 0.3) is 16.9 Å². The van der Waals surface area contributed by atoms with Gasteiger partial charge in [-0.15, -0.1) is 10.2 Å². The van der Waals surface area contributed by atoms with Gasteiger partial charge in [0.05, 0.1) is 5.69 Å². The first-order valence-electron chi connectivity index (χ1n) is 8.65. The molecule has 0 saturated carbocycles. The molecule has 26 heavy (non-hydrogen) atoms. The van der Waals surface area contributed by atoms with Crippen molar-refractivity contribution in [3.05, 3.63) is 83.6 Å². The highest BCUT2D eigenvalue weighted by Crippen LogP contribution is 2.32. The lowest BCUT2D eigenvalue weighted by atomic mass is 10.1. The highest BCUT2D eigenvalue weighted by atomic mass is 15.2. The molecular formula is C22H20N4. The minimum Gasteiger partial charge on any atom is -0.283 e. The second-order valence-electron chi connectivity index (χ2n) is 6.57. The summed E-state index contributed by atoms with van der Waals surface area (Å²) in [6.45, 7) is 6.21. The molecule has 0 radical (unpaired) electrons. The Morgan fingerprint density at radius 2 is 1.58 bits per heavy atom. The van der Waals surface area contributed by atoms with Crippen LogP contribution in [0.15, 0.2) is 77.1 Å². The molecule has 0 bridgehead atoms. The Morgan fingerprint density at radius 1 is 0.808 bits per heavy atom. The van der Waals surface area contributed by atoms with Gasteiger partial charge in [-0.25, -0.2) is 4.98 Å². The molecule has 2 aromatic heterocycles. The maximum absolute atomic E-state index is 4.77. The molecule has 0 unspecified atom stereocenters. The Bertz CT molecular complexity index is 1100. The van der Waals surface area contributed by atoms with Gasteiger partial charge in [-0.2, -0.15) is 0 Å². The number of imidazole rings is 1. The largest absolute Gasteiger partial charge is 0.283 e. The highest BCUT2D eigenvalue weighted by molar-refractivity contribution is 5.74. The summed E-state index contributed by atoms with van der Waals surface area (Å²) in [4.78, 5) is 4.77. The number of fused-ring (bicyclic) bond motifs is 1. The second kappa shape index (κ2) is 6.56. The van der Waals surface area contributed by atoms with Gasteiger partial charge in [-0.3, -0.25) is 4.40 Å². The lowest BCUT2D eigenvalue weighted by Gasteiger charge is -2.02. The van der Waals surface area contributed by atoms with Gasteiger partial charge in [0, 0.05) is 11.8 Å². The van der Waals surface area contributed by atoms with E-state index in [-0.39, 0.29) is 0 Å². The number of nitrogens with zero attached hydrogens (tertiary/aromatic N) is 4. The summed E-state index contributed by atoms with van der Waals surface area (Å²) in [5.74, 6) is 0.740. The van der Waals surface area contributed by atoms with Crippen LogP contribution in [-0.4, -0.2) is 9.38 Å². The number of rotatable bonds is 3. The van der Waals surface area contributed by atoms with Gasteiger partial charge in [-0.1, -0.05) is 53.6 Å². The zero-order chi connectivity index (χ0) is 18.1. The van der Waals surface area contributed by atoms with E-state index in [9.17, 15) is 0 Å². The highest BCUT2D eigenvalue weighted by Gasteiger charge is 2.13. The van der Waals surface area contributed by atoms with E-state index in [0.29, 0.717) is 0 Å². The molecule has 0 aliphatic carbocycles. The smallest absolute Gasteiger partial charge is 0.187 e. The molecule has 0 N–H and O–H groups in total. The number of aryl methyl sites for hydroxylation is 3. The molecule has 4 rings (SSSR count). The molecule has 2 aromatic carbocycles. The average molecular weight is 340 g/mol. The molecule has 0 fully saturated rings. The van der Waals surface area contributed by atoms with Crippen molar-refractivity contribution in [1.29, 1.82) is 0 Å². The Labute approximate surface area is 152 Å². The molecule has 4 heteroatoms. The lowest BCUT2D eigenvalue weighted by Crippen LogP contribution is -1.82. The van der Waals surface area contributed by atoms with Gasteiger partial charge in [0.1, 0.15) is 11.3 Å². The van der Waals surface area contributed by atoms with Crippen molar-refractivity contribution in [2.24, 2.45) is 10.2 Å². The van der Waals surface area contributed by atoms with Crippen LogP contribution < -0.4 is 0 Å². The molecular weight excluding hydrogens is 320 g/mol. The molecule has 0 aliphatic heterocycles. The zero-order valence-electron chi connectivity index (χ0n) is 15.1. The second-order valence-corrected chi connectivity index (χ2v) is 6.57. The Kier molecular flexibility index (Phi) is 4.09. The van der Waals surface area contributed by atoms with Gasteiger partial charge in [0.15, 0.2) is 5.82 Å². The summed E-state index contributed by atoms with van der Waals surface area (Å²) in [6.07, 6.45) is 1.97. The Hall–Kier alpha value is -3.27.